The molecule has 0 unspecified atom stereocenters. The Hall–Kier alpha value is -2.53. The number of halogens is 1. The van der Waals surface area contributed by atoms with Crippen LogP contribution in [0.15, 0.2) is 48.5 Å². The van der Waals surface area contributed by atoms with E-state index in [2.05, 4.69) is 5.32 Å². The first-order chi connectivity index (χ1) is 12.0. The van der Waals surface area contributed by atoms with Crippen LogP contribution in [0.1, 0.15) is 12.5 Å². The molecule has 0 aromatic heterocycles. The summed E-state index contributed by atoms with van der Waals surface area (Å²) in [4.78, 5) is 25.5. The molecule has 132 valence electrons. The van der Waals surface area contributed by atoms with Crippen LogP contribution in [0.5, 0.6) is 5.75 Å². The number of carbonyl (C=O) groups is 2. The summed E-state index contributed by atoms with van der Waals surface area (Å²) in [5, 5.41) is 3.22. The number of benzene rings is 2. The fourth-order valence-corrected chi connectivity index (χ4v) is 2.65. The third-order valence-electron chi connectivity index (χ3n) is 3.71. The minimum atomic E-state index is -0.237. The molecule has 0 atom stereocenters. The maximum atomic E-state index is 12.2. The van der Waals surface area contributed by atoms with Crippen molar-refractivity contribution in [2.75, 3.05) is 25.1 Å². The van der Waals surface area contributed by atoms with E-state index in [0.29, 0.717) is 23.0 Å². The lowest BCUT2D eigenvalue weighted by Crippen LogP contribution is -2.40. The van der Waals surface area contributed by atoms with Gasteiger partial charge in [0.2, 0.25) is 11.8 Å². The van der Waals surface area contributed by atoms with Crippen LogP contribution < -0.4 is 15.0 Å². The largest absolute Gasteiger partial charge is 0.495 e. The summed E-state index contributed by atoms with van der Waals surface area (Å²) < 4.78 is 5.10. The molecular weight excluding hydrogens is 340 g/mol. The minimum absolute atomic E-state index is 0.0627. The van der Waals surface area contributed by atoms with Gasteiger partial charge in [0.05, 0.1) is 12.1 Å². The van der Waals surface area contributed by atoms with Crippen LogP contribution in [0.3, 0.4) is 0 Å². The molecule has 2 aromatic rings. The van der Waals surface area contributed by atoms with Gasteiger partial charge in [-0.15, -0.1) is 0 Å². The zero-order valence-corrected chi connectivity index (χ0v) is 15.0. The second-order valence-corrected chi connectivity index (χ2v) is 5.92. The van der Waals surface area contributed by atoms with E-state index in [1.807, 2.05) is 30.3 Å². The Labute approximate surface area is 152 Å². The predicted octanol–water partition coefficient (Wildman–Crippen LogP) is 3.06. The number of methoxy groups -OCH3 is 1. The molecule has 25 heavy (non-hydrogen) atoms. The van der Waals surface area contributed by atoms with Crippen LogP contribution in [-0.4, -0.2) is 32.0 Å². The summed E-state index contributed by atoms with van der Waals surface area (Å²) in [6, 6.07) is 14.9. The highest BCUT2D eigenvalue weighted by molar-refractivity contribution is 6.32. The maximum Gasteiger partial charge on any atom is 0.240 e. The van der Waals surface area contributed by atoms with E-state index in [9.17, 15) is 9.59 Å². The number of amides is 2. The summed E-state index contributed by atoms with van der Waals surface area (Å²) in [7, 11) is 1.52. The highest BCUT2D eigenvalue weighted by Crippen LogP contribution is 2.29. The Morgan fingerprint density at radius 1 is 1.16 bits per heavy atom. The van der Waals surface area contributed by atoms with Crippen LogP contribution in [-0.2, 0) is 16.0 Å². The molecule has 0 bridgehead atoms. The molecule has 0 radical (unpaired) electrons. The fraction of sp³-hybridized carbons (Fsp3) is 0.263. The second kappa shape index (κ2) is 9.08. The Bertz CT molecular complexity index is 735. The Morgan fingerprint density at radius 2 is 1.88 bits per heavy atom. The quantitative estimate of drug-likeness (QED) is 0.825. The molecule has 2 amide bonds. The van der Waals surface area contributed by atoms with Crippen LogP contribution in [0.4, 0.5) is 5.69 Å². The fourth-order valence-electron chi connectivity index (χ4n) is 2.40. The van der Waals surface area contributed by atoms with Gasteiger partial charge in [-0.1, -0.05) is 41.9 Å². The van der Waals surface area contributed by atoms with E-state index in [4.69, 9.17) is 16.3 Å². The first-order valence-corrected chi connectivity index (χ1v) is 8.31. The SMILES string of the molecule is COc1ccc(N(CC(=O)NCCc2ccccc2)C(C)=O)cc1Cl. The van der Waals surface area contributed by atoms with Crippen LogP contribution in [0.25, 0.3) is 0 Å². The molecule has 1 N–H and O–H groups in total. The van der Waals surface area contributed by atoms with E-state index in [1.165, 1.54) is 18.9 Å². The number of ether oxygens (including phenoxy) is 1. The van der Waals surface area contributed by atoms with E-state index in [0.717, 1.165) is 12.0 Å². The van der Waals surface area contributed by atoms with Gasteiger partial charge in [0.1, 0.15) is 12.3 Å². The third-order valence-corrected chi connectivity index (χ3v) is 4.00. The van der Waals surface area contributed by atoms with Crippen molar-refractivity contribution in [3.05, 3.63) is 59.1 Å². The smallest absolute Gasteiger partial charge is 0.240 e. The van der Waals surface area contributed by atoms with Crippen LogP contribution in [0, 0.1) is 0 Å². The second-order valence-electron chi connectivity index (χ2n) is 5.51. The van der Waals surface area contributed by atoms with Gasteiger partial charge in [-0.25, -0.2) is 0 Å². The van der Waals surface area contributed by atoms with Gasteiger partial charge in [0.15, 0.2) is 0 Å². The van der Waals surface area contributed by atoms with Gasteiger partial charge >= 0.3 is 0 Å². The van der Waals surface area contributed by atoms with Crippen LogP contribution in [0.2, 0.25) is 5.02 Å². The van der Waals surface area contributed by atoms with Crippen molar-refractivity contribution in [3.8, 4) is 5.75 Å². The molecule has 2 aromatic carbocycles. The average Bonchev–Trinajstić information content (AvgIpc) is 2.60. The lowest BCUT2D eigenvalue weighted by Gasteiger charge is -2.21. The molecule has 0 aliphatic heterocycles. The molecule has 0 saturated carbocycles. The maximum absolute atomic E-state index is 12.2. The van der Waals surface area contributed by atoms with Gasteiger partial charge in [-0.2, -0.15) is 0 Å². The zero-order valence-electron chi connectivity index (χ0n) is 14.3. The molecule has 0 saturated heterocycles. The number of hydrogen-bond donors (Lipinski definition) is 1. The number of anilines is 1. The van der Waals surface area contributed by atoms with Crippen molar-refractivity contribution in [2.24, 2.45) is 0 Å². The summed E-state index contributed by atoms with van der Waals surface area (Å²) >= 11 is 6.10. The van der Waals surface area contributed by atoms with E-state index >= 15 is 0 Å². The summed E-state index contributed by atoms with van der Waals surface area (Å²) in [6.07, 6.45) is 0.737. The van der Waals surface area contributed by atoms with E-state index in [-0.39, 0.29) is 18.4 Å². The number of carbonyl (C=O) groups excluding carboxylic acids is 2. The highest BCUT2D eigenvalue weighted by atomic mass is 35.5. The number of rotatable bonds is 7. The molecule has 0 fully saturated rings. The molecule has 0 spiro atoms. The van der Waals surface area contributed by atoms with Gasteiger partial charge in [0, 0.05) is 19.2 Å². The molecule has 2 rings (SSSR count). The van der Waals surface area contributed by atoms with Crippen molar-refractivity contribution in [1.82, 2.24) is 5.32 Å². The summed E-state index contributed by atoms with van der Waals surface area (Å²) in [5.41, 5.74) is 1.70. The van der Waals surface area contributed by atoms with Gasteiger partial charge in [0.25, 0.3) is 0 Å². The summed E-state index contributed by atoms with van der Waals surface area (Å²) in [6.45, 7) is 1.86. The molecule has 0 heterocycles. The van der Waals surface area contributed by atoms with E-state index in [1.54, 1.807) is 18.2 Å². The van der Waals surface area contributed by atoms with E-state index < -0.39 is 0 Å². The van der Waals surface area contributed by atoms with Crippen molar-refractivity contribution >= 4 is 29.1 Å². The third kappa shape index (κ3) is 5.50. The molecule has 5 nitrogen and oxygen atoms in total. The first kappa shape index (κ1) is 18.8. The van der Waals surface area contributed by atoms with Crippen LogP contribution >= 0.6 is 11.6 Å². The zero-order chi connectivity index (χ0) is 18.2. The van der Waals surface area contributed by atoms with Crippen molar-refractivity contribution in [3.63, 3.8) is 0 Å². The molecule has 6 heteroatoms. The topological polar surface area (TPSA) is 58.6 Å². The molecule has 0 aliphatic carbocycles. The lowest BCUT2D eigenvalue weighted by atomic mass is 10.1. The lowest BCUT2D eigenvalue weighted by molar-refractivity contribution is -0.123. The van der Waals surface area contributed by atoms with Gasteiger partial charge in [-0.05, 0) is 30.2 Å². The summed E-state index contributed by atoms with van der Waals surface area (Å²) in [5.74, 6) is 0.0544. The Morgan fingerprint density at radius 3 is 2.48 bits per heavy atom. The highest BCUT2D eigenvalue weighted by Gasteiger charge is 2.17. The number of hydrogen-bond acceptors (Lipinski definition) is 3. The first-order valence-electron chi connectivity index (χ1n) is 7.93. The van der Waals surface area contributed by atoms with Gasteiger partial charge < -0.3 is 15.0 Å². The van der Waals surface area contributed by atoms with Crippen molar-refractivity contribution in [2.45, 2.75) is 13.3 Å². The average molecular weight is 361 g/mol. The molecule has 0 aliphatic rings. The number of nitrogens with one attached hydrogen (secondary N) is 1. The number of nitrogens with zero attached hydrogens (tertiary/aromatic N) is 1. The van der Waals surface area contributed by atoms with Gasteiger partial charge in [-0.3, -0.25) is 9.59 Å². The van der Waals surface area contributed by atoms with Crippen molar-refractivity contribution < 1.29 is 14.3 Å². The molecular formula is C19H21ClN2O3. The monoisotopic (exact) mass is 360 g/mol. The normalized spacial score (nSPS) is 10.2. The van der Waals surface area contributed by atoms with Crippen molar-refractivity contribution in [1.29, 1.82) is 0 Å². The Balaban J connectivity index is 1.95. The minimum Gasteiger partial charge on any atom is -0.495 e. The predicted molar refractivity (Wildman–Crippen MR) is 99.2 cm³/mol. The standard InChI is InChI=1S/C19H21ClN2O3/c1-14(23)22(16-8-9-18(25-2)17(20)12-16)13-19(24)21-11-10-15-6-4-3-5-7-15/h3-9,12H,10-11,13H2,1-2H3,(H,21,24). The Kier molecular flexibility index (Phi) is 6.83.